The summed E-state index contributed by atoms with van der Waals surface area (Å²) in [5, 5.41) is 12.3. The van der Waals surface area contributed by atoms with Crippen molar-refractivity contribution in [1.29, 1.82) is 0 Å². The van der Waals surface area contributed by atoms with Crippen LogP contribution in [0.15, 0.2) is 12.1 Å². The number of carbonyl (C=O) groups excluding carboxylic acids is 1. The van der Waals surface area contributed by atoms with Gasteiger partial charge in [-0.05, 0) is 37.8 Å². The first kappa shape index (κ1) is 16.8. The fraction of sp³-hybridized carbons (Fsp3) is 0.562. The fourth-order valence-corrected chi connectivity index (χ4v) is 2.80. The molecule has 0 spiro atoms. The Morgan fingerprint density at radius 1 is 1.41 bits per heavy atom. The van der Waals surface area contributed by atoms with Crippen molar-refractivity contribution in [2.45, 2.75) is 44.9 Å². The van der Waals surface area contributed by atoms with Gasteiger partial charge >= 0.3 is 0 Å². The molecule has 0 aliphatic heterocycles. The van der Waals surface area contributed by atoms with E-state index in [-0.39, 0.29) is 30.0 Å². The van der Waals surface area contributed by atoms with Gasteiger partial charge in [0.1, 0.15) is 11.6 Å². The topological polar surface area (TPSA) is 58.6 Å². The molecule has 2 N–H and O–H groups in total. The van der Waals surface area contributed by atoms with Gasteiger partial charge in [0.15, 0.2) is 0 Å². The van der Waals surface area contributed by atoms with E-state index in [9.17, 15) is 18.7 Å². The number of amides is 1. The first-order valence-corrected chi connectivity index (χ1v) is 7.36. The zero-order valence-corrected chi connectivity index (χ0v) is 12.7. The third-order valence-corrected chi connectivity index (χ3v) is 4.25. The average molecular weight is 313 g/mol. The van der Waals surface area contributed by atoms with Gasteiger partial charge in [-0.1, -0.05) is 6.07 Å². The van der Waals surface area contributed by atoms with Crippen LogP contribution in [0.3, 0.4) is 0 Å². The number of hydrogen-bond donors (Lipinski definition) is 2. The average Bonchev–Trinajstić information content (AvgIpc) is 2.51. The summed E-state index contributed by atoms with van der Waals surface area (Å²) in [6, 6.07) is 2.56. The van der Waals surface area contributed by atoms with Gasteiger partial charge in [0.2, 0.25) is 5.91 Å². The molecule has 0 bridgehead atoms. The Kier molecular flexibility index (Phi) is 5.47. The Labute approximate surface area is 128 Å². The molecule has 22 heavy (non-hydrogen) atoms. The lowest BCUT2D eigenvalue weighted by molar-refractivity contribution is -0.130. The van der Waals surface area contributed by atoms with E-state index >= 15 is 0 Å². The highest BCUT2D eigenvalue weighted by atomic mass is 19.1. The van der Waals surface area contributed by atoms with Gasteiger partial charge in [-0.2, -0.15) is 0 Å². The molecule has 1 aromatic carbocycles. The third-order valence-electron chi connectivity index (χ3n) is 4.25. The van der Waals surface area contributed by atoms with Crippen LogP contribution in [0.2, 0.25) is 0 Å². The van der Waals surface area contributed by atoms with E-state index < -0.39 is 17.7 Å². The summed E-state index contributed by atoms with van der Waals surface area (Å²) in [5.41, 5.74) is 0.207. The smallest absolute Gasteiger partial charge is 0.223 e. The summed E-state index contributed by atoms with van der Waals surface area (Å²) in [7, 11) is 1.49. The van der Waals surface area contributed by atoms with Crippen LogP contribution in [0.5, 0.6) is 0 Å². The second-order valence-corrected chi connectivity index (χ2v) is 5.73. The van der Waals surface area contributed by atoms with Crippen LogP contribution in [0.1, 0.15) is 30.4 Å². The predicted octanol–water partition coefficient (Wildman–Crippen LogP) is 2.07. The van der Waals surface area contributed by atoms with Crippen LogP contribution in [-0.2, 0) is 16.1 Å². The Bertz CT molecular complexity index is 550. The summed E-state index contributed by atoms with van der Waals surface area (Å²) < 4.78 is 32.7. The molecule has 1 aromatic rings. The van der Waals surface area contributed by atoms with Crippen LogP contribution in [0, 0.1) is 24.5 Å². The number of aliphatic hydroxyl groups excluding tert-OH is 1. The number of benzene rings is 1. The largest absolute Gasteiger partial charge is 0.390 e. The molecule has 1 aliphatic carbocycles. The highest BCUT2D eigenvalue weighted by Crippen LogP contribution is 2.27. The molecule has 0 aromatic heterocycles. The Morgan fingerprint density at radius 3 is 2.82 bits per heavy atom. The molecule has 0 heterocycles. The van der Waals surface area contributed by atoms with Crippen LogP contribution in [0.4, 0.5) is 8.78 Å². The third kappa shape index (κ3) is 3.62. The van der Waals surface area contributed by atoms with Gasteiger partial charge in [0.25, 0.3) is 0 Å². The number of halogens is 2. The van der Waals surface area contributed by atoms with E-state index in [0.717, 1.165) is 0 Å². The van der Waals surface area contributed by atoms with Crippen LogP contribution in [0.25, 0.3) is 0 Å². The molecule has 6 heteroatoms. The van der Waals surface area contributed by atoms with Crippen molar-refractivity contribution < 1.29 is 23.4 Å². The van der Waals surface area contributed by atoms with Crippen LogP contribution in [-0.4, -0.2) is 30.3 Å². The van der Waals surface area contributed by atoms with E-state index in [1.807, 2.05) is 0 Å². The Hall–Kier alpha value is -1.53. The summed E-state index contributed by atoms with van der Waals surface area (Å²) in [6.45, 7) is 1.36. The normalized spacial score (nSPS) is 25.0. The minimum Gasteiger partial charge on any atom is -0.390 e. The second-order valence-electron chi connectivity index (χ2n) is 5.73. The number of hydrogen-bond acceptors (Lipinski definition) is 3. The number of ether oxygens (including phenoxy) is 1. The molecule has 0 saturated heterocycles. The fourth-order valence-electron chi connectivity index (χ4n) is 2.80. The van der Waals surface area contributed by atoms with Crippen molar-refractivity contribution in [3.05, 3.63) is 34.9 Å². The highest BCUT2D eigenvalue weighted by molar-refractivity contribution is 5.78. The quantitative estimate of drug-likeness (QED) is 0.894. The van der Waals surface area contributed by atoms with Crippen molar-refractivity contribution in [1.82, 2.24) is 5.32 Å². The molecule has 2 rings (SSSR count). The molecular formula is C16H21F2NO3. The maximum absolute atomic E-state index is 13.9. The van der Waals surface area contributed by atoms with Crippen LogP contribution >= 0.6 is 0 Å². The zero-order chi connectivity index (χ0) is 16.3. The van der Waals surface area contributed by atoms with Gasteiger partial charge in [-0.15, -0.1) is 0 Å². The number of rotatable bonds is 4. The first-order chi connectivity index (χ1) is 10.4. The van der Waals surface area contributed by atoms with Gasteiger partial charge in [-0.25, -0.2) is 8.78 Å². The maximum atomic E-state index is 13.9. The summed E-state index contributed by atoms with van der Waals surface area (Å²) in [5.74, 6) is -1.88. The predicted molar refractivity (Wildman–Crippen MR) is 77.1 cm³/mol. The lowest BCUT2D eigenvalue weighted by Gasteiger charge is -2.31. The molecule has 4 nitrogen and oxygen atoms in total. The molecule has 1 fully saturated rings. The van der Waals surface area contributed by atoms with E-state index in [0.29, 0.717) is 24.8 Å². The van der Waals surface area contributed by atoms with E-state index in [2.05, 4.69) is 5.32 Å². The van der Waals surface area contributed by atoms with E-state index in [1.54, 1.807) is 6.92 Å². The lowest BCUT2D eigenvalue weighted by atomic mass is 9.84. The molecule has 0 unspecified atom stereocenters. The lowest BCUT2D eigenvalue weighted by Crippen LogP contribution is -2.41. The monoisotopic (exact) mass is 313 g/mol. The summed E-state index contributed by atoms with van der Waals surface area (Å²) >= 11 is 0. The molecule has 3 atom stereocenters. The molecule has 0 radical (unpaired) electrons. The van der Waals surface area contributed by atoms with Gasteiger partial charge in [0, 0.05) is 25.1 Å². The van der Waals surface area contributed by atoms with E-state index in [4.69, 9.17) is 4.74 Å². The molecular weight excluding hydrogens is 292 g/mol. The van der Waals surface area contributed by atoms with Gasteiger partial charge in [0.05, 0.1) is 12.2 Å². The number of aryl methyl sites for hydroxylation is 1. The molecule has 1 saturated carbocycles. The molecule has 1 amide bonds. The highest BCUT2D eigenvalue weighted by Gasteiger charge is 2.32. The Balaban J connectivity index is 1.97. The van der Waals surface area contributed by atoms with Gasteiger partial charge < -0.3 is 15.2 Å². The maximum Gasteiger partial charge on any atom is 0.223 e. The number of aliphatic hydroxyl groups is 1. The SMILES string of the molecule is CO[C@@H]1C[C@H](C(=O)NCc2c(F)ccc(C)c2F)CC[C@@H]1O. The Morgan fingerprint density at radius 2 is 2.14 bits per heavy atom. The summed E-state index contributed by atoms with van der Waals surface area (Å²) in [4.78, 5) is 12.2. The van der Waals surface area contributed by atoms with Crippen LogP contribution < -0.4 is 5.32 Å². The standard InChI is InChI=1S/C16H21F2NO3/c1-9-3-5-12(17)11(15(9)18)8-19-16(21)10-4-6-13(20)14(7-10)22-2/h3,5,10,13-14,20H,4,6-8H2,1-2H3,(H,19,21)/t10-,13+,14-/m1/s1. The van der Waals surface area contributed by atoms with Crippen molar-refractivity contribution >= 4 is 5.91 Å². The molecule has 122 valence electrons. The number of nitrogens with one attached hydrogen (secondary N) is 1. The first-order valence-electron chi connectivity index (χ1n) is 7.36. The number of methoxy groups -OCH3 is 1. The van der Waals surface area contributed by atoms with Crippen molar-refractivity contribution in [3.63, 3.8) is 0 Å². The second kappa shape index (κ2) is 7.15. The minimum atomic E-state index is -0.669. The zero-order valence-electron chi connectivity index (χ0n) is 12.7. The molecule has 1 aliphatic rings. The van der Waals surface area contributed by atoms with Gasteiger partial charge in [-0.3, -0.25) is 4.79 Å². The van der Waals surface area contributed by atoms with Crippen molar-refractivity contribution in [3.8, 4) is 0 Å². The van der Waals surface area contributed by atoms with E-state index in [1.165, 1.54) is 19.2 Å². The summed E-state index contributed by atoms with van der Waals surface area (Å²) in [6.07, 6.45) is 0.468. The number of carbonyl (C=O) groups is 1. The minimum absolute atomic E-state index is 0.132. The van der Waals surface area contributed by atoms with Crippen molar-refractivity contribution in [2.24, 2.45) is 5.92 Å². The van der Waals surface area contributed by atoms with Crippen molar-refractivity contribution in [2.75, 3.05) is 7.11 Å².